The summed E-state index contributed by atoms with van der Waals surface area (Å²) in [6, 6.07) is 7.77. The number of nitro groups is 1. The van der Waals surface area contributed by atoms with Gasteiger partial charge in [-0.1, -0.05) is 0 Å². The van der Waals surface area contributed by atoms with Crippen LogP contribution >= 0.6 is 0 Å². The van der Waals surface area contributed by atoms with E-state index in [1.807, 2.05) is 0 Å². The fourth-order valence-corrected chi connectivity index (χ4v) is 1.40. The van der Waals surface area contributed by atoms with Crippen LogP contribution in [0.5, 0.6) is 11.6 Å². The Morgan fingerprint density at radius 3 is 2.58 bits per heavy atom. The third-order valence-electron chi connectivity index (χ3n) is 2.29. The lowest BCUT2D eigenvalue weighted by atomic mass is 10.3. The van der Waals surface area contributed by atoms with Crippen LogP contribution in [0.4, 0.5) is 15.9 Å². The topological polar surface area (TPSA) is 77.3 Å². The molecule has 98 valence electrons. The van der Waals surface area contributed by atoms with E-state index < -0.39 is 10.7 Å². The molecule has 0 bridgehead atoms. The van der Waals surface area contributed by atoms with Crippen molar-refractivity contribution in [3.8, 4) is 11.6 Å². The average molecular weight is 263 g/mol. The number of hydrogen-bond donors (Lipinski definition) is 1. The molecule has 6 nitrogen and oxygen atoms in total. The summed E-state index contributed by atoms with van der Waals surface area (Å²) in [5, 5.41) is 13.5. The van der Waals surface area contributed by atoms with E-state index in [0.29, 0.717) is 11.6 Å². The van der Waals surface area contributed by atoms with Gasteiger partial charge >= 0.3 is 0 Å². The molecular weight excluding hydrogens is 253 g/mol. The molecule has 0 atom stereocenters. The molecule has 1 aromatic carbocycles. The predicted octanol–water partition coefficient (Wildman–Crippen LogP) is 2.96. The molecule has 0 aliphatic carbocycles. The average Bonchev–Trinajstić information content (AvgIpc) is 2.41. The molecule has 19 heavy (non-hydrogen) atoms. The number of pyridine rings is 1. The molecule has 0 saturated heterocycles. The standard InChI is InChI=1S/C12H10FN3O3/c1-14-11-6-9(16(17)18)7-12(15-11)19-10-4-2-8(13)3-5-10/h2-7H,1H3,(H,14,15). The van der Waals surface area contributed by atoms with Gasteiger partial charge in [0.05, 0.1) is 17.1 Å². The Balaban J connectivity index is 2.31. The van der Waals surface area contributed by atoms with Gasteiger partial charge in [-0.05, 0) is 24.3 Å². The highest BCUT2D eigenvalue weighted by Crippen LogP contribution is 2.26. The minimum Gasteiger partial charge on any atom is -0.439 e. The zero-order valence-electron chi connectivity index (χ0n) is 9.96. The van der Waals surface area contributed by atoms with Crippen LogP contribution < -0.4 is 10.1 Å². The first-order chi connectivity index (χ1) is 9.08. The van der Waals surface area contributed by atoms with Crippen LogP contribution in [0.15, 0.2) is 36.4 Å². The van der Waals surface area contributed by atoms with Crippen LogP contribution in [-0.2, 0) is 0 Å². The zero-order valence-corrected chi connectivity index (χ0v) is 9.96. The minimum atomic E-state index is -0.542. The summed E-state index contributed by atoms with van der Waals surface area (Å²) in [5.41, 5.74) is -0.142. The molecule has 0 spiro atoms. The summed E-state index contributed by atoms with van der Waals surface area (Å²) < 4.78 is 18.1. The second kappa shape index (κ2) is 5.30. The number of nitrogens with one attached hydrogen (secondary N) is 1. The number of anilines is 1. The van der Waals surface area contributed by atoms with E-state index in [1.165, 1.54) is 36.4 Å². The van der Waals surface area contributed by atoms with Gasteiger partial charge < -0.3 is 10.1 Å². The third-order valence-corrected chi connectivity index (χ3v) is 2.29. The fourth-order valence-electron chi connectivity index (χ4n) is 1.40. The monoisotopic (exact) mass is 263 g/mol. The van der Waals surface area contributed by atoms with Crippen molar-refractivity contribution in [2.24, 2.45) is 0 Å². The summed E-state index contributed by atoms with van der Waals surface area (Å²) in [7, 11) is 1.59. The van der Waals surface area contributed by atoms with E-state index in [9.17, 15) is 14.5 Å². The molecule has 0 aliphatic rings. The third kappa shape index (κ3) is 3.15. The van der Waals surface area contributed by atoms with Crippen molar-refractivity contribution in [1.82, 2.24) is 4.98 Å². The Morgan fingerprint density at radius 2 is 2.00 bits per heavy atom. The molecule has 1 heterocycles. The highest BCUT2D eigenvalue weighted by atomic mass is 19.1. The summed E-state index contributed by atoms with van der Waals surface area (Å²) in [6.07, 6.45) is 0. The van der Waals surface area contributed by atoms with E-state index in [2.05, 4.69) is 10.3 Å². The normalized spacial score (nSPS) is 10.0. The van der Waals surface area contributed by atoms with Crippen LogP contribution in [-0.4, -0.2) is 17.0 Å². The van der Waals surface area contributed by atoms with E-state index in [4.69, 9.17) is 4.74 Å². The Morgan fingerprint density at radius 1 is 1.32 bits per heavy atom. The van der Waals surface area contributed by atoms with Crippen molar-refractivity contribution in [3.05, 3.63) is 52.3 Å². The van der Waals surface area contributed by atoms with Crippen LogP contribution in [0.1, 0.15) is 0 Å². The Hall–Kier alpha value is -2.70. The summed E-state index contributed by atoms with van der Waals surface area (Å²) >= 11 is 0. The molecule has 0 radical (unpaired) electrons. The molecule has 1 aromatic heterocycles. The summed E-state index contributed by atoms with van der Waals surface area (Å²) in [6.45, 7) is 0. The van der Waals surface area contributed by atoms with Gasteiger partial charge in [0.1, 0.15) is 17.4 Å². The first-order valence-electron chi connectivity index (χ1n) is 5.36. The molecule has 0 amide bonds. The molecule has 2 aromatic rings. The lowest BCUT2D eigenvalue weighted by Crippen LogP contribution is -1.98. The number of benzene rings is 1. The van der Waals surface area contributed by atoms with Gasteiger partial charge in [-0.3, -0.25) is 10.1 Å². The van der Waals surface area contributed by atoms with Crippen molar-refractivity contribution >= 4 is 11.5 Å². The smallest absolute Gasteiger partial charge is 0.278 e. The first kappa shape index (κ1) is 12.7. The summed E-state index contributed by atoms with van der Waals surface area (Å²) in [4.78, 5) is 14.2. The molecule has 7 heteroatoms. The summed E-state index contributed by atoms with van der Waals surface area (Å²) in [5.74, 6) is 0.322. The van der Waals surface area contributed by atoms with Crippen molar-refractivity contribution in [2.75, 3.05) is 12.4 Å². The number of aromatic nitrogens is 1. The number of hydrogen-bond acceptors (Lipinski definition) is 5. The highest BCUT2D eigenvalue weighted by molar-refractivity contribution is 5.48. The van der Waals surface area contributed by atoms with Gasteiger partial charge in [0.2, 0.25) is 5.88 Å². The maximum absolute atomic E-state index is 12.7. The largest absolute Gasteiger partial charge is 0.439 e. The van der Waals surface area contributed by atoms with Crippen molar-refractivity contribution in [1.29, 1.82) is 0 Å². The quantitative estimate of drug-likeness (QED) is 0.677. The Labute approximate surface area is 108 Å². The van der Waals surface area contributed by atoms with Crippen LogP contribution in [0.25, 0.3) is 0 Å². The molecule has 0 fully saturated rings. The highest BCUT2D eigenvalue weighted by Gasteiger charge is 2.12. The van der Waals surface area contributed by atoms with E-state index >= 15 is 0 Å². The van der Waals surface area contributed by atoms with E-state index in [1.54, 1.807) is 7.05 Å². The maximum Gasteiger partial charge on any atom is 0.278 e. The van der Waals surface area contributed by atoms with Crippen molar-refractivity contribution < 1.29 is 14.1 Å². The first-order valence-corrected chi connectivity index (χ1v) is 5.36. The van der Waals surface area contributed by atoms with Crippen LogP contribution in [0, 0.1) is 15.9 Å². The predicted molar refractivity (Wildman–Crippen MR) is 66.9 cm³/mol. The lowest BCUT2D eigenvalue weighted by Gasteiger charge is -2.06. The molecule has 0 unspecified atom stereocenters. The van der Waals surface area contributed by atoms with Crippen LogP contribution in [0.2, 0.25) is 0 Å². The fraction of sp³-hybridized carbons (Fsp3) is 0.0833. The van der Waals surface area contributed by atoms with Crippen molar-refractivity contribution in [3.63, 3.8) is 0 Å². The zero-order chi connectivity index (χ0) is 13.8. The molecule has 0 saturated carbocycles. The number of rotatable bonds is 4. The number of nitrogens with zero attached hydrogens (tertiary/aromatic N) is 2. The van der Waals surface area contributed by atoms with Crippen LogP contribution in [0.3, 0.4) is 0 Å². The lowest BCUT2D eigenvalue weighted by molar-refractivity contribution is -0.384. The SMILES string of the molecule is CNc1cc([N+](=O)[O-])cc(Oc2ccc(F)cc2)n1. The van der Waals surface area contributed by atoms with Crippen molar-refractivity contribution in [2.45, 2.75) is 0 Å². The van der Waals surface area contributed by atoms with Gasteiger partial charge in [0.15, 0.2) is 0 Å². The Bertz CT molecular complexity index is 602. The number of ether oxygens (including phenoxy) is 1. The maximum atomic E-state index is 12.7. The second-order valence-corrected chi connectivity index (χ2v) is 3.61. The minimum absolute atomic E-state index is 0.0603. The molecule has 2 rings (SSSR count). The van der Waals surface area contributed by atoms with Gasteiger partial charge in [-0.2, -0.15) is 4.98 Å². The molecular formula is C12H10FN3O3. The van der Waals surface area contributed by atoms with Gasteiger partial charge in [-0.15, -0.1) is 0 Å². The molecule has 1 N–H and O–H groups in total. The van der Waals surface area contributed by atoms with Gasteiger partial charge in [0.25, 0.3) is 5.69 Å². The van der Waals surface area contributed by atoms with E-state index in [0.717, 1.165) is 0 Å². The number of halogens is 1. The van der Waals surface area contributed by atoms with E-state index in [-0.39, 0.29) is 11.6 Å². The molecule has 0 aliphatic heterocycles. The Kier molecular flexibility index (Phi) is 3.56. The van der Waals surface area contributed by atoms with Gasteiger partial charge in [-0.25, -0.2) is 4.39 Å². The second-order valence-electron chi connectivity index (χ2n) is 3.61. The van der Waals surface area contributed by atoms with Gasteiger partial charge in [0, 0.05) is 7.05 Å².